The Morgan fingerprint density at radius 3 is 2.93 bits per heavy atom. The summed E-state index contributed by atoms with van der Waals surface area (Å²) in [4.78, 5) is 30.9. The van der Waals surface area contributed by atoms with Gasteiger partial charge in [0, 0.05) is 23.1 Å². The number of Topliss-reactive ketones (excluding diaryl/α,β-unsaturated/α-hetero) is 1. The van der Waals surface area contributed by atoms with Crippen molar-refractivity contribution in [1.82, 2.24) is 4.98 Å². The molecule has 0 radical (unpaired) electrons. The van der Waals surface area contributed by atoms with Crippen LogP contribution in [0.1, 0.15) is 56.6 Å². The molecule has 0 fully saturated rings. The van der Waals surface area contributed by atoms with Crippen LogP contribution in [-0.2, 0) is 12.8 Å². The van der Waals surface area contributed by atoms with Gasteiger partial charge in [-0.25, -0.2) is 4.98 Å². The van der Waals surface area contributed by atoms with Crippen molar-refractivity contribution in [2.24, 2.45) is 0 Å². The molecule has 0 bridgehead atoms. The maximum atomic E-state index is 12.9. The number of anilines is 2. The van der Waals surface area contributed by atoms with Gasteiger partial charge in [-0.3, -0.25) is 9.59 Å². The van der Waals surface area contributed by atoms with Gasteiger partial charge in [0.1, 0.15) is 9.71 Å². The number of carbonyl (C=O) groups is 2. The number of ketones is 1. The Morgan fingerprint density at radius 2 is 2.15 bits per heavy atom. The van der Waals surface area contributed by atoms with E-state index in [0.29, 0.717) is 32.8 Å². The molecule has 5 nitrogen and oxygen atoms in total. The van der Waals surface area contributed by atoms with Gasteiger partial charge in [-0.15, -0.1) is 11.3 Å². The topological polar surface area (TPSA) is 85.1 Å². The second-order valence-corrected chi connectivity index (χ2v) is 7.87. The summed E-state index contributed by atoms with van der Waals surface area (Å²) in [6.07, 6.45) is 2.99. The molecule has 138 valence electrons. The Labute approximate surface area is 161 Å². The summed E-state index contributed by atoms with van der Waals surface area (Å²) in [7, 11) is 0. The summed E-state index contributed by atoms with van der Waals surface area (Å²) in [5.41, 5.74) is 11.1. The minimum absolute atomic E-state index is 0.106. The van der Waals surface area contributed by atoms with E-state index in [1.807, 2.05) is 31.2 Å². The van der Waals surface area contributed by atoms with Crippen LogP contribution in [0.4, 0.5) is 11.4 Å². The van der Waals surface area contributed by atoms with Crippen molar-refractivity contribution in [1.29, 1.82) is 0 Å². The smallest absolute Gasteiger partial charge is 0.267 e. The fourth-order valence-electron chi connectivity index (χ4n) is 3.60. The minimum atomic E-state index is -0.233. The van der Waals surface area contributed by atoms with E-state index in [-0.39, 0.29) is 11.7 Å². The highest BCUT2D eigenvalue weighted by Gasteiger charge is 2.24. The number of aryl methyl sites for hydroxylation is 3. The van der Waals surface area contributed by atoms with E-state index in [2.05, 4.69) is 17.2 Å². The highest BCUT2D eigenvalue weighted by molar-refractivity contribution is 7.21. The molecule has 27 heavy (non-hydrogen) atoms. The molecule has 1 aliphatic rings. The molecule has 2 heterocycles. The molecule has 1 aromatic carbocycles. The van der Waals surface area contributed by atoms with Crippen LogP contribution in [0.25, 0.3) is 10.2 Å². The first kappa shape index (κ1) is 17.7. The number of para-hydroxylation sites is 1. The van der Waals surface area contributed by atoms with Crippen molar-refractivity contribution in [2.45, 2.75) is 39.5 Å². The van der Waals surface area contributed by atoms with Crippen LogP contribution in [0.2, 0.25) is 0 Å². The molecule has 0 unspecified atom stereocenters. The third kappa shape index (κ3) is 3.00. The number of amides is 1. The van der Waals surface area contributed by atoms with Crippen LogP contribution >= 0.6 is 11.3 Å². The number of hydrogen-bond acceptors (Lipinski definition) is 5. The highest BCUT2D eigenvalue weighted by atomic mass is 32.1. The molecule has 3 N–H and O–H groups in total. The Morgan fingerprint density at radius 1 is 1.33 bits per heavy atom. The van der Waals surface area contributed by atoms with Gasteiger partial charge >= 0.3 is 0 Å². The number of nitrogens with zero attached hydrogens (tertiary/aromatic N) is 1. The van der Waals surface area contributed by atoms with E-state index in [1.165, 1.54) is 11.3 Å². The van der Waals surface area contributed by atoms with Crippen molar-refractivity contribution in [3.05, 3.63) is 51.5 Å². The lowest BCUT2D eigenvalue weighted by molar-refractivity contribution is 0.0970. The Balaban J connectivity index is 1.75. The molecule has 1 amide bonds. The summed E-state index contributed by atoms with van der Waals surface area (Å²) in [6.45, 7) is 4.04. The highest BCUT2D eigenvalue weighted by Crippen LogP contribution is 2.36. The van der Waals surface area contributed by atoms with E-state index >= 15 is 0 Å². The summed E-state index contributed by atoms with van der Waals surface area (Å²) in [6, 6.07) is 7.79. The second kappa shape index (κ2) is 6.78. The standard InChI is InChI=1S/C21H21N3O2S/c1-3-12-7-4-6-11(2)18(12)24-20(26)19-17(22)14-10-13-15(23-21(14)27-19)8-5-9-16(13)25/h4,6-7,10H,3,5,8-9,22H2,1-2H3,(H,24,26). The number of rotatable bonds is 3. The first-order valence-corrected chi connectivity index (χ1v) is 9.96. The van der Waals surface area contributed by atoms with Crippen LogP contribution in [-0.4, -0.2) is 16.7 Å². The van der Waals surface area contributed by atoms with Crippen LogP contribution in [0, 0.1) is 6.92 Å². The Hall–Kier alpha value is -2.73. The fraction of sp³-hybridized carbons (Fsp3) is 0.286. The number of aromatic nitrogens is 1. The number of nitrogen functional groups attached to an aromatic ring is 1. The van der Waals surface area contributed by atoms with E-state index in [9.17, 15) is 9.59 Å². The number of fused-ring (bicyclic) bond motifs is 2. The average molecular weight is 379 g/mol. The molecular formula is C21H21N3O2S. The molecule has 0 spiro atoms. The van der Waals surface area contributed by atoms with Gasteiger partial charge in [-0.2, -0.15) is 0 Å². The van der Waals surface area contributed by atoms with Crippen molar-refractivity contribution >= 4 is 44.6 Å². The number of carbonyl (C=O) groups excluding carboxylic acids is 2. The Kier molecular flexibility index (Phi) is 4.44. The molecule has 3 aromatic rings. The van der Waals surface area contributed by atoms with Crippen LogP contribution in [0.3, 0.4) is 0 Å². The third-order valence-electron chi connectivity index (χ3n) is 5.10. The van der Waals surface area contributed by atoms with Crippen molar-refractivity contribution in [2.75, 3.05) is 11.1 Å². The number of hydrogen-bond donors (Lipinski definition) is 2. The van der Waals surface area contributed by atoms with Gasteiger partial charge in [0.05, 0.1) is 11.4 Å². The van der Waals surface area contributed by atoms with Gasteiger partial charge in [-0.1, -0.05) is 25.1 Å². The normalized spacial score (nSPS) is 13.6. The maximum absolute atomic E-state index is 12.9. The molecular weight excluding hydrogens is 358 g/mol. The predicted molar refractivity (Wildman–Crippen MR) is 110 cm³/mol. The largest absolute Gasteiger partial charge is 0.397 e. The molecule has 0 saturated carbocycles. The zero-order valence-electron chi connectivity index (χ0n) is 15.4. The lowest BCUT2D eigenvalue weighted by atomic mass is 9.94. The molecule has 2 aromatic heterocycles. The minimum Gasteiger partial charge on any atom is -0.397 e. The number of pyridine rings is 1. The van der Waals surface area contributed by atoms with Crippen molar-refractivity contribution in [3.8, 4) is 0 Å². The number of benzene rings is 1. The van der Waals surface area contributed by atoms with Gasteiger partial charge < -0.3 is 11.1 Å². The first-order chi connectivity index (χ1) is 13.0. The van der Waals surface area contributed by atoms with Crippen molar-refractivity contribution < 1.29 is 9.59 Å². The number of nitrogens with two attached hydrogens (primary N) is 1. The predicted octanol–water partition coefficient (Wildman–Crippen LogP) is 4.52. The summed E-state index contributed by atoms with van der Waals surface area (Å²) >= 11 is 1.29. The van der Waals surface area contributed by atoms with Crippen LogP contribution in [0.15, 0.2) is 24.3 Å². The number of nitrogens with one attached hydrogen (secondary N) is 1. The quantitative estimate of drug-likeness (QED) is 0.700. The molecule has 0 saturated heterocycles. The third-order valence-corrected chi connectivity index (χ3v) is 6.22. The maximum Gasteiger partial charge on any atom is 0.267 e. The van der Waals surface area contributed by atoms with E-state index < -0.39 is 0 Å². The number of thiophene rings is 1. The van der Waals surface area contributed by atoms with Crippen molar-refractivity contribution in [3.63, 3.8) is 0 Å². The lowest BCUT2D eigenvalue weighted by Crippen LogP contribution is -2.14. The zero-order chi connectivity index (χ0) is 19.1. The Bertz CT molecular complexity index is 1080. The van der Waals surface area contributed by atoms with Gasteiger partial charge in [0.25, 0.3) is 5.91 Å². The SMILES string of the molecule is CCc1cccc(C)c1NC(=O)c1sc2nc3c(cc2c1N)C(=O)CCC3. The van der Waals surface area contributed by atoms with E-state index in [0.717, 1.165) is 41.8 Å². The fourth-order valence-corrected chi connectivity index (χ4v) is 4.59. The molecule has 0 atom stereocenters. The average Bonchev–Trinajstić information content (AvgIpc) is 2.98. The van der Waals surface area contributed by atoms with Gasteiger partial charge in [-0.05, 0) is 43.4 Å². The molecule has 1 aliphatic carbocycles. The summed E-state index contributed by atoms with van der Waals surface area (Å²) in [5.74, 6) is -0.126. The van der Waals surface area contributed by atoms with E-state index in [4.69, 9.17) is 5.73 Å². The lowest BCUT2D eigenvalue weighted by Gasteiger charge is -2.13. The van der Waals surface area contributed by atoms with Crippen LogP contribution in [0.5, 0.6) is 0 Å². The first-order valence-electron chi connectivity index (χ1n) is 9.14. The molecule has 4 rings (SSSR count). The molecule has 6 heteroatoms. The van der Waals surface area contributed by atoms with Crippen LogP contribution < -0.4 is 11.1 Å². The zero-order valence-corrected chi connectivity index (χ0v) is 16.2. The van der Waals surface area contributed by atoms with Gasteiger partial charge in [0.2, 0.25) is 0 Å². The monoisotopic (exact) mass is 379 g/mol. The van der Waals surface area contributed by atoms with Gasteiger partial charge in [0.15, 0.2) is 5.78 Å². The second-order valence-electron chi connectivity index (χ2n) is 6.87. The van der Waals surface area contributed by atoms with E-state index in [1.54, 1.807) is 0 Å². The summed E-state index contributed by atoms with van der Waals surface area (Å²) < 4.78 is 0. The summed E-state index contributed by atoms with van der Waals surface area (Å²) in [5, 5.41) is 3.72. The molecule has 0 aliphatic heterocycles.